The SMILES string of the molecule is CC(C)N=C(N)c1cccc(-c2cc(-c3cccc(C(N)=NC(C)C)c3)on2)c1.Cl.Cl. The van der Waals surface area contributed by atoms with Crippen molar-refractivity contribution in [1.29, 1.82) is 0 Å². The fraction of sp³-hybridized carbons (Fsp3) is 0.261. The third-order valence-electron chi connectivity index (χ3n) is 4.20. The first-order valence-electron chi connectivity index (χ1n) is 9.68. The van der Waals surface area contributed by atoms with Crippen LogP contribution in [0.5, 0.6) is 0 Å². The molecule has 0 aliphatic rings. The highest BCUT2D eigenvalue weighted by Crippen LogP contribution is 2.27. The Labute approximate surface area is 195 Å². The number of halogens is 2. The lowest BCUT2D eigenvalue weighted by Gasteiger charge is -2.05. The summed E-state index contributed by atoms with van der Waals surface area (Å²) in [7, 11) is 0. The summed E-state index contributed by atoms with van der Waals surface area (Å²) in [5, 5.41) is 4.23. The number of benzene rings is 2. The monoisotopic (exact) mass is 461 g/mol. The summed E-state index contributed by atoms with van der Waals surface area (Å²) in [4.78, 5) is 8.82. The number of hydrogen-bond acceptors (Lipinski definition) is 4. The molecule has 0 aliphatic carbocycles. The number of amidine groups is 2. The molecule has 0 spiro atoms. The Morgan fingerprint density at radius 1 is 0.774 bits per heavy atom. The summed E-state index contributed by atoms with van der Waals surface area (Å²) in [6.45, 7) is 7.97. The Bertz CT molecular complexity index is 975. The molecule has 1 aromatic heterocycles. The number of hydrogen-bond donors (Lipinski definition) is 2. The largest absolute Gasteiger partial charge is 0.383 e. The van der Waals surface area contributed by atoms with Crippen LogP contribution < -0.4 is 11.5 Å². The van der Waals surface area contributed by atoms with Crippen LogP contribution in [0.4, 0.5) is 0 Å². The van der Waals surface area contributed by atoms with Crippen LogP contribution in [-0.2, 0) is 0 Å². The Hall–Kier alpha value is -2.83. The van der Waals surface area contributed by atoms with Gasteiger partial charge in [0.05, 0.1) is 0 Å². The van der Waals surface area contributed by atoms with Crippen LogP contribution >= 0.6 is 24.8 Å². The Balaban J connectivity index is 0.00000240. The molecule has 3 rings (SSSR count). The molecule has 1 heterocycles. The van der Waals surface area contributed by atoms with Crippen molar-refractivity contribution in [2.45, 2.75) is 39.8 Å². The van der Waals surface area contributed by atoms with Gasteiger partial charge in [0, 0.05) is 40.4 Å². The van der Waals surface area contributed by atoms with Crippen molar-refractivity contribution in [1.82, 2.24) is 5.16 Å². The van der Waals surface area contributed by atoms with Crippen molar-refractivity contribution in [3.63, 3.8) is 0 Å². The van der Waals surface area contributed by atoms with Gasteiger partial charge in [0.2, 0.25) is 0 Å². The van der Waals surface area contributed by atoms with Crippen molar-refractivity contribution in [3.05, 3.63) is 65.7 Å². The van der Waals surface area contributed by atoms with Crippen molar-refractivity contribution in [2.75, 3.05) is 0 Å². The minimum atomic E-state index is 0. The Kier molecular flexibility index (Phi) is 9.75. The molecule has 6 nitrogen and oxygen atoms in total. The summed E-state index contributed by atoms with van der Waals surface area (Å²) >= 11 is 0. The van der Waals surface area contributed by atoms with Gasteiger partial charge in [0.1, 0.15) is 17.4 Å². The average Bonchev–Trinajstić information content (AvgIpc) is 3.17. The van der Waals surface area contributed by atoms with E-state index in [4.69, 9.17) is 16.0 Å². The molecule has 0 saturated carbocycles. The number of aromatic nitrogens is 1. The number of nitrogens with two attached hydrogens (primary N) is 2. The third kappa shape index (κ3) is 6.84. The molecule has 0 radical (unpaired) electrons. The van der Waals surface area contributed by atoms with Crippen LogP contribution in [0.15, 0.2) is 69.1 Å². The van der Waals surface area contributed by atoms with E-state index in [9.17, 15) is 0 Å². The second-order valence-corrected chi connectivity index (χ2v) is 7.45. The van der Waals surface area contributed by atoms with E-state index >= 15 is 0 Å². The van der Waals surface area contributed by atoms with E-state index < -0.39 is 0 Å². The zero-order valence-electron chi connectivity index (χ0n) is 18.1. The number of rotatable bonds is 6. The predicted molar refractivity (Wildman–Crippen MR) is 134 cm³/mol. The van der Waals surface area contributed by atoms with Crippen molar-refractivity contribution >= 4 is 36.5 Å². The van der Waals surface area contributed by atoms with E-state index in [1.165, 1.54) is 0 Å². The molecule has 0 aliphatic heterocycles. The lowest BCUT2D eigenvalue weighted by Crippen LogP contribution is -2.15. The van der Waals surface area contributed by atoms with E-state index in [2.05, 4.69) is 15.1 Å². The highest BCUT2D eigenvalue weighted by Gasteiger charge is 2.11. The van der Waals surface area contributed by atoms with Crippen LogP contribution in [0.3, 0.4) is 0 Å². The van der Waals surface area contributed by atoms with E-state index in [1.807, 2.05) is 82.3 Å². The topological polar surface area (TPSA) is 103 Å². The smallest absolute Gasteiger partial charge is 0.167 e. The quantitative estimate of drug-likeness (QED) is 0.394. The Morgan fingerprint density at radius 3 is 1.77 bits per heavy atom. The Morgan fingerprint density at radius 2 is 1.26 bits per heavy atom. The van der Waals surface area contributed by atoms with E-state index in [0.717, 1.165) is 27.9 Å². The summed E-state index contributed by atoms with van der Waals surface area (Å²) in [6, 6.07) is 17.8. The molecule has 0 bridgehead atoms. The molecule has 0 unspecified atom stereocenters. The van der Waals surface area contributed by atoms with Crippen molar-refractivity contribution in [2.24, 2.45) is 21.5 Å². The molecular formula is C23H29Cl2N5O. The van der Waals surface area contributed by atoms with Crippen molar-refractivity contribution in [3.8, 4) is 22.6 Å². The molecule has 0 amide bonds. The van der Waals surface area contributed by atoms with Crippen LogP contribution in [0.1, 0.15) is 38.8 Å². The summed E-state index contributed by atoms with van der Waals surface area (Å²) < 4.78 is 5.59. The number of nitrogens with zero attached hydrogens (tertiary/aromatic N) is 3. The van der Waals surface area contributed by atoms with Crippen LogP contribution in [0.2, 0.25) is 0 Å². The fourth-order valence-corrected chi connectivity index (χ4v) is 2.92. The van der Waals surface area contributed by atoms with Gasteiger partial charge >= 0.3 is 0 Å². The maximum absolute atomic E-state index is 6.10. The first-order chi connectivity index (χ1) is 13.8. The molecule has 3 aromatic rings. The van der Waals surface area contributed by atoms with Crippen LogP contribution in [0, 0.1) is 0 Å². The molecule has 166 valence electrons. The zero-order valence-corrected chi connectivity index (χ0v) is 19.7. The minimum absolute atomic E-state index is 0. The maximum atomic E-state index is 6.10. The number of aliphatic imine (C=N–C) groups is 2. The second-order valence-electron chi connectivity index (χ2n) is 7.45. The molecule has 0 saturated heterocycles. The lowest BCUT2D eigenvalue weighted by molar-refractivity contribution is 0.435. The van der Waals surface area contributed by atoms with Gasteiger partial charge in [0.25, 0.3) is 0 Å². The van der Waals surface area contributed by atoms with Gasteiger partial charge in [0.15, 0.2) is 5.76 Å². The second kappa shape index (κ2) is 11.5. The van der Waals surface area contributed by atoms with Gasteiger partial charge in [-0.1, -0.05) is 41.6 Å². The molecule has 8 heteroatoms. The molecule has 0 fully saturated rings. The average molecular weight is 462 g/mol. The molecule has 0 atom stereocenters. The minimum Gasteiger partial charge on any atom is -0.383 e. The van der Waals surface area contributed by atoms with Gasteiger partial charge in [-0.25, -0.2) is 0 Å². The standard InChI is InChI=1S/C23H27N5O.2ClH/c1-14(2)26-22(24)18-9-5-7-16(11-18)20-13-21(29-28-20)17-8-6-10-19(12-17)23(25)27-15(3)4;;/h5-15H,1-4H3,(H2,24,26)(H2,25,27);2*1H. The normalized spacial score (nSPS) is 11.9. The maximum Gasteiger partial charge on any atom is 0.167 e. The van der Waals surface area contributed by atoms with Crippen LogP contribution in [0.25, 0.3) is 22.6 Å². The summed E-state index contributed by atoms with van der Waals surface area (Å²) in [5.41, 5.74) is 16.5. The first kappa shape index (κ1) is 26.2. The fourth-order valence-electron chi connectivity index (χ4n) is 2.92. The van der Waals surface area contributed by atoms with Gasteiger partial charge in [-0.15, -0.1) is 24.8 Å². The van der Waals surface area contributed by atoms with E-state index in [-0.39, 0.29) is 36.9 Å². The molecule has 31 heavy (non-hydrogen) atoms. The summed E-state index contributed by atoms with van der Waals surface area (Å²) in [6.07, 6.45) is 0. The molecule has 4 N–H and O–H groups in total. The van der Waals surface area contributed by atoms with Gasteiger partial charge in [-0.05, 0) is 39.8 Å². The van der Waals surface area contributed by atoms with E-state index in [0.29, 0.717) is 17.4 Å². The highest BCUT2D eigenvalue weighted by molar-refractivity contribution is 5.99. The van der Waals surface area contributed by atoms with Gasteiger partial charge < -0.3 is 16.0 Å². The molecular weight excluding hydrogens is 433 g/mol. The third-order valence-corrected chi connectivity index (χ3v) is 4.20. The predicted octanol–water partition coefficient (Wildman–Crippen LogP) is 5.08. The van der Waals surface area contributed by atoms with E-state index in [1.54, 1.807) is 0 Å². The highest BCUT2D eigenvalue weighted by atomic mass is 35.5. The van der Waals surface area contributed by atoms with Gasteiger partial charge in [-0.2, -0.15) is 0 Å². The summed E-state index contributed by atoms with van der Waals surface area (Å²) in [5.74, 6) is 1.68. The van der Waals surface area contributed by atoms with Crippen LogP contribution in [-0.4, -0.2) is 28.9 Å². The van der Waals surface area contributed by atoms with Gasteiger partial charge in [-0.3, -0.25) is 9.98 Å². The zero-order chi connectivity index (χ0) is 21.0. The molecule has 2 aromatic carbocycles. The van der Waals surface area contributed by atoms with Crippen molar-refractivity contribution < 1.29 is 4.52 Å². The first-order valence-corrected chi connectivity index (χ1v) is 9.68. The lowest BCUT2D eigenvalue weighted by atomic mass is 10.0.